The molecule has 5 heteroatoms. The van der Waals surface area contributed by atoms with Crippen LogP contribution in [0.15, 0.2) is 41.7 Å². The van der Waals surface area contributed by atoms with E-state index in [1.807, 2.05) is 6.07 Å². The molecule has 1 aromatic heterocycles. The van der Waals surface area contributed by atoms with Crippen LogP contribution in [0.3, 0.4) is 0 Å². The zero-order valence-electron chi connectivity index (χ0n) is 11.6. The van der Waals surface area contributed by atoms with Gasteiger partial charge in [0.05, 0.1) is 0 Å². The molecular formula is C15H18N4O. The smallest absolute Gasteiger partial charge is 0.188 e. The highest BCUT2D eigenvalue weighted by molar-refractivity contribution is 5.95. The summed E-state index contributed by atoms with van der Waals surface area (Å²) in [7, 11) is 0. The molecule has 0 saturated carbocycles. The van der Waals surface area contributed by atoms with Crippen LogP contribution in [-0.2, 0) is 6.54 Å². The molecule has 20 heavy (non-hydrogen) atoms. The molecule has 1 heterocycles. The van der Waals surface area contributed by atoms with Crippen molar-refractivity contribution in [1.29, 1.82) is 0 Å². The van der Waals surface area contributed by atoms with Gasteiger partial charge in [0, 0.05) is 18.4 Å². The summed E-state index contributed by atoms with van der Waals surface area (Å²) in [5.41, 5.74) is 10.5. The molecule has 0 spiro atoms. The first-order chi connectivity index (χ1) is 9.60. The van der Waals surface area contributed by atoms with E-state index < -0.39 is 0 Å². The summed E-state index contributed by atoms with van der Waals surface area (Å²) in [6.45, 7) is 4.78. The van der Waals surface area contributed by atoms with E-state index in [4.69, 9.17) is 10.9 Å². The van der Waals surface area contributed by atoms with Crippen LogP contribution in [-0.4, -0.2) is 16.0 Å². The zero-order chi connectivity index (χ0) is 14.5. The first kappa shape index (κ1) is 13.9. The summed E-state index contributed by atoms with van der Waals surface area (Å²) in [5.74, 6) is 0.0126. The molecule has 2 aromatic rings. The lowest BCUT2D eigenvalue weighted by molar-refractivity contribution is 0.318. The van der Waals surface area contributed by atoms with Gasteiger partial charge in [0.25, 0.3) is 0 Å². The number of aromatic nitrogens is 1. The molecule has 0 aliphatic rings. The fourth-order valence-electron chi connectivity index (χ4n) is 1.90. The summed E-state index contributed by atoms with van der Waals surface area (Å²) < 4.78 is 0. The maximum Gasteiger partial charge on any atom is 0.188 e. The van der Waals surface area contributed by atoms with Crippen LogP contribution in [0.2, 0.25) is 0 Å². The van der Waals surface area contributed by atoms with Gasteiger partial charge in [-0.05, 0) is 48.7 Å². The topological polar surface area (TPSA) is 83.5 Å². The van der Waals surface area contributed by atoms with E-state index in [1.54, 1.807) is 12.3 Å². The Kier molecular flexibility index (Phi) is 4.20. The van der Waals surface area contributed by atoms with E-state index in [9.17, 15) is 0 Å². The Hall–Kier alpha value is -2.56. The Labute approximate surface area is 118 Å². The predicted octanol–water partition coefficient (Wildman–Crippen LogP) is 2.41. The largest absolute Gasteiger partial charge is 0.409 e. The van der Waals surface area contributed by atoms with Crippen molar-refractivity contribution >= 4 is 11.5 Å². The molecule has 104 valence electrons. The Morgan fingerprint density at radius 2 is 2.10 bits per heavy atom. The first-order valence-corrected chi connectivity index (χ1v) is 6.34. The molecule has 5 nitrogen and oxygen atoms in total. The number of pyridine rings is 1. The van der Waals surface area contributed by atoms with E-state index in [0.717, 1.165) is 11.3 Å². The minimum absolute atomic E-state index is 0.0126. The minimum Gasteiger partial charge on any atom is -0.409 e. The molecule has 0 amide bonds. The van der Waals surface area contributed by atoms with Crippen LogP contribution in [0.25, 0.3) is 0 Å². The summed E-state index contributed by atoms with van der Waals surface area (Å²) in [5, 5.41) is 15.0. The lowest BCUT2D eigenvalue weighted by Gasteiger charge is -2.11. The van der Waals surface area contributed by atoms with Crippen LogP contribution < -0.4 is 11.1 Å². The average Bonchev–Trinajstić information content (AvgIpc) is 2.47. The van der Waals surface area contributed by atoms with Gasteiger partial charge in [-0.2, -0.15) is 0 Å². The van der Waals surface area contributed by atoms with Gasteiger partial charge < -0.3 is 16.3 Å². The second-order valence-electron chi connectivity index (χ2n) is 4.71. The van der Waals surface area contributed by atoms with Gasteiger partial charge in [0.2, 0.25) is 0 Å². The number of rotatable bonds is 4. The van der Waals surface area contributed by atoms with Gasteiger partial charge in [-0.3, -0.25) is 4.98 Å². The maximum absolute atomic E-state index is 8.66. The van der Waals surface area contributed by atoms with Gasteiger partial charge in [0.15, 0.2) is 5.84 Å². The molecule has 0 atom stereocenters. The first-order valence-electron chi connectivity index (χ1n) is 6.34. The molecule has 2 rings (SSSR count). The third-order valence-electron chi connectivity index (χ3n) is 3.07. The maximum atomic E-state index is 8.66. The highest BCUT2D eigenvalue weighted by Gasteiger charge is 2.03. The summed E-state index contributed by atoms with van der Waals surface area (Å²) in [4.78, 5) is 4.05. The SMILES string of the molecule is Cc1ccc(C)c(NCc2ccnc(C(N)=NO)c2)c1. The number of aryl methyl sites for hydroxylation is 2. The number of oxime groups is 1. The number of nitrogens with two attached hydrogens (primary N) is 1. The number of hydrogen-bond donors (Lipinski definition) is 3. The summed E-state index contributed by atoms with van der Waals surface area (Å²) in [6.07, 6.45) is 1.65. The third-order valence-corrected chi connectivity index (χ3v) is 3.07. The molecule has 0 saturated heterocycles. The van der Waals surface area contributed by atoms with Crippen LogP contribution in [0, 0.1) is 13.8 Å². The van der Waals surface area contributed by atoms with Gasteiger partial charge >= 0.3 is 0 Å². The van der Waals surface area contributed by atoms with Crippen molar-refractivity contribution in [2.24, 2.45) is 10.9 Å². The zero-order valence-corrected chi connectivity index (χ0v) is 11.6. The molecule has 0 aliphatic carbocycles. The Morgan fingerprint density at radius 1 is 1.30 bits per heavy atom. The fraction of sp³-hybridized carbons (Fsp3) is 0.200. The highest BCUT2D eigenvalue weighted by Crippen LogP contribution is 2.17. The van der Waals surface area contributed by atoms with Crippen LogP contribution >= 0.6 is 0 Å². The molecule has 4 N–H and O–H groups in total. The normalized spacial score (nSPS) is 11.4. The molecule has 0 radical (unpaired) electrons. The van der Waals surface area contributed by atoms with E-state index in [2.05, 4.69) is 47.5 Å². The highest BCUT2D eigenvalue weighted by atomic mass is 16.4. The lowest BCUT2D eigenvalue weighted by Crippen LogP contribution is -2.15. The Balaban J connectivity index is 2.13. The standard InChI is InChI=1S/C15H18N4O/c1-10-3-4-11(2)13(7-10)18-9-12-5-6-17-14(8-12)15(16)19-20/h3-8,18,20H,9H2,1-2H3,(H2,16,19). The molecule has 0 aliphatic heterocycles. The van der Waals surface area contributed by atoms with E-state index in [1.165, 1.54) is 11.1 Å². The number of hydrogen-bond acceptors (Lipinski definition) is 4. The third kappa shape index (κ3) is 3.26. The van der Waals surface area contributed by atoms with Gasteiger partial charge in [-0.25, -0.2) is 0 Å². The average molecular weight is 270 g/mol. The van der Waals surface area contributed by atoms with Crippen LogP contribution in [0.4, 0.5) is 5.69 Å². The van der Waals surface area contributed by atoms with Crippen molar-refractivity contribution in [3.8, 4) is 0 Å². The number of nitrogens with zero attached hydrogens (tertiary/aromatic N) is 2. The van der Waals surface area contributed by atoms with Crippen molar-refractivity contribution in [1.82, 2.24) is 4.98 Å². The summed E-state index contributed by atoms with van der Waals surface area (Å²) >= 11 is 0. The van der Waals surface area contributed by atoms with Gasteiger partial charge in [0.1, 0.15) is 5.69 Å². The quantitative estimate of drug-likeness (QED) is 0.345. The number of nitrogens with one attached hydrogen (secondary N) is 1. The lowest BCUT2D eigenvalue weighted by atomic mass is 10.1. The molecule has 0 unspecified atom stereocenters. The van der Waals surface area contributed by atoms with Crippen LogP contribution in [0.1, 0.15) is 22.4 Å². The van der Waals surface area contributed by atoms with Crippen molar-refractivity contribution in [2.45, 2.75) is 20.4 Å². The second-order valence-corrected chi connectivity index (χ2v) is 4.71. The minimum atomic E-state index is 0.0126. The monoisotopic (exact) mass is 270 g/mol. The van der Waals surface area contributed by atoms with Crippen molar-refractivity contribution in [2.75, 3.05) is 5.32 Å². The van der Waals surface area contributed by atoms with E-state index >= 15 is 0 Å². The molecule has 0 bridgehead atoms. The Morgan fingerprint density at radius 3 is 2.85 bits per heavy atom. The molecular weight excluding hydrogens is 252 g/mol. The van der Waals surface area contributed by atoms with Crippen molar-refractivity contribution < 1.29 is 5.21 Å². The van der Waals surface area contributed by atoms with Crippen molar-refractivity contribution in [3.05, 3.63) is 58.9 Å². The fourth-order valence-corrected chi connectivity index (χ4v) is 1.90. The second kappa shape index (κ2) is 6.06. The summed E-state index contributed by atoms with van der Waals surface area (Å²) in [6, 6.07) is 9.98. The van der Waals surface area contributed by atoms with E-state index in [-0.39, 0.29) is 5.84 Å². The molecule has 0 fully saturated rings. The molecule has 1 aromatic carbocycles. The predicted molar refractivity (Wildman–Crippen MR) is 80.0 cm³/mol. The Bertz CT molecular complexity index is 638. The van der Waals surface area contributed by atoms with Crippen molar-refractivity contribution in [3.63, 3.8) is 0 Å². The van der Waals surface area contributed by atoms with Gasteiger partial charge in [-0.15, -0.1) is 0 Å². The number of amidine groups is 1. The van der Waals surface area contributed by atoms with E-state index in [0.29, 0.717) is 12.2 Å². The number of benzene rings is 1. The van der Waals surface area contributed by atoms with Gasteiger partial charge in [-0.1, -0.05) is 17.3 Å². The number of anilines is 1. The van der Waals surface area contributed by atoms with Crippen LogP contribution in [0.5, 0.6) is 0 Å².